The summed E-state index contributed by atoms with van der Waals surface area (Å²) >= 11 is 2.84. The maximum atomic E-state index is 6.38. The van der Waals surface area contributed by atoms with E-state index >= 15 is 0 Å². The first kappa shape index (κ1) is 22.0. The van der Waals surface area contributed by atoms with E-state index in [1.54, 1.807) is 0 Å². The summed E-state index contributed by atoms with van der Waals surface area (Å²) in [6.07, 6.45) is 1.94. The van der Waals surface area contributed by atoms with Gasteiger partial charge in [-0.1, -0.05) is 0 Å². The van der Waals surface area contributed by atoms with Gasteiger partial charge in [-0.2, -0.15) is 0 Å². The van der Waals surface area contributed by atoms with Gasteiger partial charge in [0.15, 0.2) is 0 Å². The van der Waals surface area contributed by atoms with Crippen LogP contribution in [-0.2, 0) is 9.47 Å². The zero-order valence-corrected chi connectivity index (χ0v) is 21.0. The third-order valence-corrected chi connectivity index (χ3v) is 17.8. The number of hydrogen-bond donors (Lipinski definition) is 0. The van der Waals surface area contributed by atoms with Crippen LogP contribution in [0.2, 0.25) is 0 Å². The SMILES string of the molecule is CC1(CCP(I)(c2ccccc2)(c2ccccc2)c2ccccc2)COC(C)(C)O1. The molecule has 4 rings (SSSR count). The van der Waals surface area contributed by atoms with Crippen LogP contribution in [0.1, 0.15) is 27.2 Å². The second-order valence-corrected chi connectivity index (χ2v) is 19.7. The molecule has 0 amide bonds. The van der Waals surface area contributed by atoms with E-state index < -0.39 is 10.0 Å². The zero-order chi connectivity index (χ0) is 21.3. The van der Waals surface area contributed by atoms with Gasteiger partial charge in [-0.05, 0) is 0 Å². The van der Waals surface area contributed by atoms with E-state index in [1.807, 2.05) is 13.8 Å². The zero-order valence-electron chi connectivity index (χ0n) is 17.9. The Hall–Kier alpha value is -1.26. The van der Waals surface area contributed by atoms with Crippen molar-refractivity contribution in [1.29, 1.82) is 0 Å². The fourth-order valence-corrected chi connectivity index (χ4v) is 13.2. The second kappa shape index (κ2) is 8.02. The molecule has 4 heteroatoms. The average molecular weight is 532 g/mol. The summed E-state index contributed by atoms with van der Waals surface area (Å²) in [5.41, 5.74) is -0.295. The molecule has 0 bridgehead atoms. The monoisotopic (exact) mass is 532 g/mol. The first-order valence-electron chi connectivity index (χ1n) is 10.5. The number of halogens is 1. The van der Waals surface area contributed by atoms with E-state index in [-0.39, 0.29) is 5.60 Å². The Labute approximate surface area is 193 Å². The fourth-order valence-electron chi connectivity index (χ4n) is 4.60. The van der Waals surface area contributed by atoms with Gasteiger partial charge in [0.05, 0.1) is 0 Å². The first-order chi connectivity index (χ1) is 14.3. The van der Waals surface area contributed by atoms with Gasteiger partial charge in [0.2, 0.25) is 0 Å². The molecule has 0 radical (unpaired) electrons. The third-order valence-electron chi connectivity index (χ3n) is 6.16. The van der Waals surface area contributed by atoms with Crippen molar-refractivity contribution in [3.8, 4) is 0 Å². The third kappa shape index (κ3) is 3.86. The summed E-state index contributed by atoms with van der Waals surface area (Å²) < 4.78 is 9.57. The molecular weight excluding hydrogens is 502 g/mol. The quantitative estimate of drug-likeness (QED) is 0.295. The van der Waals surface area contributed by atoms with Crippen LogP contribution in [0.25, 0.3) is 0 Å². The Morgan fingerprint density at radius 3 is 1.47 bits per heavy atom. The normalized spacial score (nSPS) is 22.3. The molecule has 158 valence electrons. The van der Waals surface area contributed by atoms with E-state index in [1.165, 1.54) is 15.9 Å². The molecular formula is C26H30IO2P. The van der Waals surface area contributed by atoms with Gasteiger partial charge in [-0.15, -0.1) is 0 Å². The van der Waals surface area contributed by atoms with E-state index in [2.05, 4.69) is 120 Å². The predicted octanol–water partition coefficient (Wildman–Crippen LogP) is 5.80. The number of benzene rings is 3. The molecule has 3 aromatic rings. The van der Waals surface area contributed by atoms with Crippen molar-refractivity contribution in [3.63, 3.8) is 0 Å². The van der Waals surface area contributed by atoms with Crippen molar-refractivity contribution in [3.05, 3.63) is 91.0 Å². The molecule has 1 unspecified atom stereocenters. The van der Waals surface area contributed by atoms with Gasteiger partial charge in [0.25, 0.3) is 0 Å². The summed E-state index contributed by atoms with van der Waals surface area (Å²) in [6, 6.07) is 33.2. The van der Waals surface area contributed by atoms with Crippen molar-refractivity contribution < 1.29 is 9.47 Å². The molecule has 1 atom stereocenters. The Kier molecular flexibility index (Phi) is 5.87. The van der Waals surface area contributed by atoms with Crippen LogP contribution in [0.5, 0.6) is 0 Å². The number of rotatable bonds is 6. The summed E-state index contributed by atoms with van der Waals surface area (Å²) in [6.45, 7) is 6.84. The van der Waals surface area contributed by atoms with E-state index in [4.69, 9.17) is 9.47 Å². The van der Waals surface area contributed by atoms with Crippen molar-refractivity contribution in [1.82, 2.24) is 0 Å². The molecule has 1 heterocycles. The van der Waals surface area contributed by atoms with Gasteiger partial charge in [0.1, 0.15) is 0 Å². The molecule has 1 aliphatic heterocycles. The molecule has 1 fully saturated rings. The van der Waals surface area contributed by atoms with Crippen molar-refractivity contribution in [2.24, 2.45) is 0 Å². The van der Waals surface area contributed by atoms with Crippen LogP contribution < -0.4 is 15.9 Å². The summed E-state index contributed by atoms with van der Waals surface area (Å²) in [5.74, 6) is -0.525. The van der Waals surface area contributed by atoms with Crippen LogP contribution in [-0.4, -0.2) is 24.2 Å². The number of ether oxygens (including phenoxy) is 2. The summed E-state index contributed by atoms with van der Waals surface area (Å²) in [7, 11) is 0. The Morgan fingerprint density at radius 1 is 0.733 bits per heavy atom. The Bertz CT molecular complexity index is 892. The molecule has 0 aromatic heterocycles. The predicted molar refractivity (Wildman–Crippen MR) is 138 cm³/mol. The standard InChI is InChI=1S/C26H30IO2P/c1-25(2)28-21-26(3,29-25)19-20-30(27,22-13-7-4-8-14-22,23-15-9-5-10-16-23)24-17-11-6-12-18-24/h4-18H,19-21H2,1-3H3. The second-order valence-electron chi connectivity index (χ2n) is 8.90. The first-order valence-corrected chi connectivity index (χ1v) is 15.7. The average Bonchev–Trinajstić information content (AvgIpc) is 3.07. The minimum absolute atomic E-state index is 0.295. The maximum absolute atomic E-state index is 6.38. The van der Waals surface area contributed by atoms with Gasteiger partial charge >= 0.3 is 194 Å². The van der Waals surface area contributed by atoms with Crippen LogP contribution in [0, 0.1) is 0 Å². The fraction of sp³-hybridized carbons (Fsp3) is 0.308. The number of hydrogen-bond acceptors (Lipinski definition) is 2. The molecule has 3 aromatic carbocycles. The molecule has 0 N–H and O–H groups in total. The Morgan fingerprint density at radius 2 is 1.13 bits per heavy atom. The van der Waals surface area contributed by atoms with Crippen LogP contribution in [0.15, 0.2) is 91.0 Å². The van der Waals surface area contributed by atoms with Gasteiger partial charge in [0, 0.05) is 0 Å². The molecule has 1 saturated heterocycles. The van der Waals surface area contributed by atoms with Gasteiger partial charge < -0.3 is 0 Å². The van der Waals surface area contributed by atoms with E-state index in [0.29, 0.717) is 6.61 Å². The topological polar surface area (TPSA) is 18.5 Å². The van der Waals surface area contributed by atoms with E-state index in [9.17, 15) is 0 Å². The minimum atomic E-state index is -2.77. The van der Waals surface area contributed by atoms with Gasteiger partial charge in [-0.3, -0.25) is 0 Å². The van der Waals surface area contributed by atoms with Crippen molar-refractivity contribution in [2.45, 2.75) is 38.6 Å². The molecule has 0 spiro atoms. The summed E-state index contributed by atoms with van der Waals surface area (Å²) in [5, 5.41) is 4.22. The molecule has 1 aliphatic rings. The molecule has 0 aliphatic carbocycles. The summed E-state index contributed by atoms with van der Waals surface area (Å²) in [4.78, 5) is 0. The molecule has 0 saturated carbocycles. The molecule has 2 nitrogen and oxygen atoms in total. The van der Waals surface area contributed by atoms with Crippen LogP contribution in [0.4, 0.5) is 0 Å². The van der Waals surface area contributed by atoms with Crippen molar-refractivity contribution >= 4 is 42.2 Å². The van der Waals surface area contributed by atoms with Gasteiger partial charge in [-0.25, -0.2) is 0 Å². The van der Waals surface area contributed by atoms with Crippen LogP contribution in [0.3, 0.4) is 0 Å². The Balaban J connectivity index is 1.90. The van der Waals surface area contributed by atoms with Crippen LogP contribution >= 0.6 is 26.3 Å². The van der Waals surface area contributed by atoms with E-state index in [0.717, 1.165) is 12.6 Å². The molecule has 30 heavy (non-hydrogen) atoms. The van der Waals surface area contributed by atoms with Crippen molar-refractivity contribution in [2.75, 3.05) is 12.8 Å².